The highest BCUT2D eigenvalue weighted by molar-refractivity contribution is 9.08. The monoisotopic (exact) mass is 210 g/mol. The van der Waals surface area contributed by atoms with Gasteiger partial charge in [0.05, 0.1) is 7.11 Å². The average Bonchev–Trinajstić information content (AvgIpc) is 2.04. The predicted octanol–water partition coefficient (Wildman–Crippen LogP) is 1.38. The van der Waals surface area contributed by atoms with Gasteiger partial charge in [-0.25, -0.2) is 0 Å². The average molecular weight is 211 g/mol. The van der Waals surface area contributed by atoms with Gasteiger partial charge < -0.3 is 4.74 Å². The molecule has 1 aromatic rings. The molecular formula is C8H8BBrO. The number of ether oxygens (including phenoxy) is 1. The van der Waals surface area contributed by atoms with Gasteiger partial charge in [-0.1, -0.05) is 33.5 Å². The van der Waals surface area contributed by atoms with Crippen LogP contribution in [-0.4, -0.2) is 15.0 Å². The first-order valence-electron chi connectivity index (χ1n) is 3.26. The van der Waals surface area contributed by atoms with Crippen LogP contribution in [0.4, 0.5) is 0 Å². The molecule has 56 valence electrons. The zero-order valence-electron chi connectivity index (χ0n) is 6.30. The Morgan fingerprint density at radius 3 is 2.73 bits per heavy atom. The number of halogens is 1. The van der Waals surface area contributed by atoms with E-state index in [1.165, 1.54) is 0 Å². The van der Waals surface area contributed by atoms with Crippen LogP contribution in [0, 0.1) is 0 Å². The summed E-state index contributed by atoms with van der Waals surface area (Å²) in [6.45, 7) is 0. The minimum atomic E-state index is 0.685. The molecule has 11 heavy (non-hydrogen) atoms. The molecular weight excluding hydrogens is 203 g/mol. The van der Waals surface area contributed by atoms with Crippen LogP contribution in [-0.2, 0) is 5.33 Å². The Labute approximate surface area is 76.3 Å². The first-order valence-corrected chi connectivity index (χ1v) is 4.38. The third-order valence-electron chi connectivity index (χ3n) is 1.45. The molecule has 0 bridgehead atoms. The summed E-state index contributed by atoms with van der Waals surface area (Å²) in [4.78, 5) is 0. The normalized spacial score (nSPS) is 9.64. The quantitative estimate of drug-likeness (QED) is 0.530. The van der Waals surface area contributed by atoms with Crippen LogP contribution in [0.15, 0.2) is 18.2 Å². The fourth-order valence-electron chi connectivity index (χ4n) is 0.867. The highest BCUT2D eigenvalue weighted by atomic mass is 79.9. The van der Waals surface area contributed by atoms with Crippen LogP contribution in [0.2, 0.25) is 0 Å². The van der Waals surface area contributed by atoms with Crippen molar-refractivity contribution < 1.29 is 4.74 Å². The standard InChI is InChI=1S/C8H8BBrO/c1-11-8-3-2-6(5-10)4-7(8)9/h2-4H,5H2,1H3. The van der Waals surface area contributed by atoms with Gasteiger partial charge in [-0.15, -0.1) is 0 Å². The summed E-state index contributed by atoms with van der Waals surface area (Å²) in [5.41, 5.74) is 1.84. The molecule has 0 aliphatic heterocycles. The van der Waals surface area contributed by atoms with Gasteiger partial charge >= 0.3 is 0 Å². The molecule has 3 heteroatoms. The largest absolute Gasteiger partial charge is 0.497 e. The van der Waals surface area contributed by atoms with Crippen LogP contribution in [0.25, 0.3) is 0 Å². The molecule has 0 aromatic heterocycles. The van der Waals surface area contributed by atoms with Crippen molar-refractivity contribution in [3.05, 3.63) is 23.8 Å². The van der Waals surface area contributed by atoms with Crippen molar-refractivity contribution in [3.8, 4) is 5.75 Å². The smallest absolute Gasteiger partial charge is 0.119 e. The van der Waals surface area contributed by atoms with Gasteiger partial charge in [0.2, 0.25) is 0 Å². The van der Waals surface area contributed by atoms with Crippen molar-refractivity contribution in [3.63, 3.8) is 0 Å². The minimum Gasteiger partial charge on any atom is -0.497 e. The fourth-order valence-corrected chi connectivity index (χ4v) is 1.22. The topological polar surface area (TPSA) is 9.23 Å². The maximum Gasteiger partial charge on any atom is 0.119 e. The number of hydrogen-bond donors (Lipinski definition) is 0. The van der Waals surface area contributed by atoms with Crippen molar-refractivity contribution in [1.29, 1.82) is 0 Å². The van der Waals surface area contributed by atoms with Crippen molar-refractivity contribution in [2.45, 2.75) is 5.33 Å². The lowest BCUT2D eigenvalue weighted by Crippen LogP contribution is -2.07. The molecule has 1 rings (SSSR count). The summed E-state index contributed by atoms with van der Waals surface area (Å²) in [5, 5.41) is 0.821. The van der Waals surface area contributed by atoms with Gasteiger partial charge in [0.1, 0.15) is 13.6 Å². The van der Waals surface area contributed by atoms with E-state index in [1.807, 2.05) is 18.2 Å². The van der Waals surface area contributed by atoms with Crippen molar-refractivity contribution >= 4 is 29.2 Å². The Hall–Kier alpha value is -0.435. The van der Waals surface area contributed by atoms with Crippen molar-refractivity contribution in [2.24, 2.45) is 0 Å². The van der Waals surface area contributed by atoms with Gasteiger partial charge in [0, 0.05) is 5.33 Å². The number of hydrogen-bond acceptors (Lipinski definition) is 1. The number of rotatable bonds is 2. The van der Waals surface area contributed by atoms with E-state index in [0.29, 0.717) is 5.46 Å². The first kappa shape index (κ1) is 8.66. The summed E-state index contributed by atoms with van der Waals surface area (Å²) in [6, 6.07) is 5.74. The fraction of sp³-hybridized carbons (Fsp3) is 0.250. The molecule has 0 amide bonds. The van der Waals surface area contributed by atoms with E-state index in [1.54, 1.807) is 7.11 Å². The molecule has 1 aromatic carbocycles. The second kappa shape index (κ2) is 3.81. The van der Waals surface area contributed by atoms with Crippen molar-refractivity contribution in [2.75, 3.05) is 7.11 Å². The van der Waals surface area contributed by atoms with Gasteiger partial charge in [-0.05, 0) is 11.6 Å². The van der Waals surface area contributed by atoms with E-state index < -0.39 is 0 Å². The van der Waals surface area contributed by atoms with Crippen LogP contribution < -0.4 is 10.2 Å². The predicted molar refractivity (Wildman–Crippen MR) is 51.0 cm³/mol. The Morgan fingerprint density at radius 2 is 2.27 bits per heavy atom. The molecule has 0 saturated carbocycles. The van der Waals surface area contributed by atoms with E-state index >= 15 is 0 Å². The Kier molecular flexibility index (Phi) is 3.00. The lowest BCUT2D eigenvalue weighted by Gasteiger charge is -2.05. The number of methoxy groups -OCH3 is 1. The molecule has 0 unspecified atom stereocenters. The lowest BCUT2D eigenvalue weighted by atomic mass is 9.93. The maximum atomic E-state index is 5.66. The van der Waals surface area contributed by atoms with Crippen molar-refractivity contribution in [1.82, 2.24) is 0 Å². The van der Waals surface area contributed by atoms with E-state index in [0.717, 1.165) is 16.6 Å². The molecule has 0 atom stereocenters. The van der Waals surface area contributed by atoms with Crippen LogP contribution in [0.1, 0.15) is 5.56 Å². The summed E-state index contributed by atoms with van der Waals surface area (Å²) >= 11 is 3.34. The van der Waals surface area contributed by atoms with Crippen LogP contribution in [0.3, 0.4) is 0 Å². The first-order chi connectivity index (χ1) is 5.27. The zero-order chi connectivity index (χ0) is 8.27. The summed E-state index contributed by atoms with van der Waals surface area (Å²) in [6.07, 6.45) is 0. The van der Waals surface area contributed by atoms with E-state index in [-0.39, 0.29) is 0 Å². The third kappa shape index (κ3) is 1.99. The molecule has 2 radical (unpaired) electrons. The van der Waals surface area contributed by atoms with Gasteiger partial charge in [0.15, 0.2) is 0 Å². The molecule has 1 nitrogen and oxygen atoms in total. The second-order valence-corrected chi connectivity index (χ2v) is 2.77. The number of benzene rings is 1. The maximum absolute atomic E-state index is 5.66. The lowest BCUT2D eigenvalue weighted by molar-refractivity contribution is 0.418. The minimum absolute atomic E-state index is 0.685. The van der Waals surface area contributed by atoms with E-state index in [2.05, 4.69) is 15.9 Å². The molecule has 0 aliphatic carbocycles. The summed E-state index contributed by atoms with van der Waals surface area (Å²) in [7, 11) is 7.27. The molecule has 0 N–H and O–H groups in total. The molecule has 0 heterocycles. The molecule has 0 spiro atoms. The molecule has 0 aliphatic rings. The number of alkyl halides is 1. The Balaban J connectivity index is 2.99. The molecule has 0 saturated heterocycles. The van der Waals surface area contributed by atoms with Crippen LogP contribution in [0.5, 0.6) is 5.75 Å². The van der Waals surface area contributed by atoms with Gasteiger partial charge in [-0.2, -0.15) is 0 Å². The zero-order valence-corrected chi connectivity index (χ0v) is 7.89. The second-order valence-electron chi connectivity index (χ2n) is 2.21. The van der Waals surface area contributed by atoms with E-state index in [4.69, 9.17) is 12.6 Å². The highest BCUT2D eigenvalue weighted by Crippen LogP contribution is 2.09. The van der Waals surface area contributed by atoms with Gasteiger partial charge in [0.25, 0.3) is 0 Å². The highest BCUT2D eigenvalue weighted by Gasteiger charge is 1.96. The Bertz CT molecular complexity index is 250. The summed E-state index contributed by atoms with van der Waals surface area (Å²) in [5.74, 6) is 0.731. The van der Waals surface area contributed by atoms with Crippen LogP contribution >= 0.6 is 15.9 Å². The third-order valence-corrected chi connectivity index (χ3v) is 2.10. The summed E-state index contributed by atoms with van der Waals surface area (Å²) < 4.78 is 5.00. The van der Waals surface area contributed by atoms with E-state index in [9.17, 15) is 0 Å². The SMILES string of the molecule is [B]c1cc(CBr)ccc1OC. The Morgan fingerprint density at radius 1 is 1.55 bits per heavy atom. The van der Waals surface area contributed by atoms with Gasteiger partial charge in [-0.3, -0.25) is 0 Å². The molecule has 0 fully saturated rings.